The highest BCUT2D eigenvalue weighted by atomic mass is 16.3. The van der Waals surface area contributed by atoms with Crippen molar-refractivity contribution < 1.29 is 5.11 Å². The summed E-state index contributed by atoms with van der Waals surface area (Å²) < 4.78 is 0. The Morgan fingerprint density at radius 3 is 2.38 bits per heavy atom. The van der Waals surface area contributed by atoms with Crippen LogP contribution in [0.4, 0.5) is 0 Å². The van der Waals surface area contributed by atoms with E-state index >= 15 is 0 Å². The predicted molar refractivity (Wildman–Crippen MR) is 53.5 cm³/mol. The highest BCUT2D eigenvalue weighted by Crippen LogP contribution is 2.44. The Kier molecular flexibility index (Phi) is 3.04. The van der Waals surface area contributed by atoms with Gasteiger partial charge in [0.1, 0.15) is 0 Å². The fourth-order valence-electron chi connectivity index (χ4n) is 1.22. The van der Waals surface area contributed by atoms with Gasteiger partial charge in [-0.2, -0.15) is 0 Å². The second kappa shape index (κ2) is 3.88. The van der Waals surface area contributed by atoms with Crippen LogP contribution in [0.15, 0.2) is 18.5 Å². The summed E-state index contributed by atoms with van der Waals surface area (Å²) in [5, 5.41) is 9.68. The van der Waals surface area contributed by atoms with Gasteiger partial charge in [-0.15, -0.1) is 0 Å². The van der Waals surface area contributed by atoms with Crippen LogP contribution in [0.3, 0.4) is 0 Å². The van der Waals surface area contributed by atoms with E-state index in [0.29, 0.717) is 0 Å². The molecule has 1 aliphatic rings. The molecule has 2 rings (SSSR count). The largest absolute Gasteiger partial charge is 0.385 e. The summed E-state index contributed by atoms with van der Waals surface area (Å²) in [4.78, 5) is 4.03. The van der Waals surface area contributed by atoms with Crippen LogP contribution >= 0.6 is 0 Å². The minimum absolute atomic E-state index is 0.529. The van der Waals surface area contributed by atoms with Crippen molar-refractivity contribution in [3.63, 3.8) is 0 Å². The van der Waals surface area contributed by atoms with Crippen LogP contribution in [0.2, 0.25) is 0 Å². The second-order valence-corrected chi connectivity index (χ2v) is 3.28. The van der Waals surface area contributed by atoms with E-state index in [1.807, 2.05) is 26.8 Å². The van der Waals surface area contributed by atoms with E-state index in [9.17, 15) is 5.11 Å². The summed E-state index contributed by atoms with van der Waals surface area (Å²) in [5.41, 5.74) is 1.55. The van der Waals surface area contributed by atoms with Gasteiger partial charge >= 0.3 is 0 Å². The van der Waals surface area contributed by atoms with Crippen LogP contribution in [0, 0.1) is 6.92 Å². The number of hydrogen-bond acceptors (Lipinski definition) is 2. The molecular weight excluding hydrogens is 162 g/mol. The summed E-state index contributed by atoms with van der Waals surface area (Å²) >= 11 is 0. The Labute approximate surface area is 79.6 Å². The molecule has 0 saturated heterocycles. The molecule has 1 heterocycles. The Balaban J connectivity index is 0.000000396. The molecule has 1 aromatic heterocycles. The molecule has 0 bridgehead atoms. The van der Waals surface area contributed by atoms with Gasteiger partial charge in [-0.25, -0.2) is 0 Å². The Hall–Kier alpha value is -0.890. The van der Waals surface area contributed by atoms with Crippen molar-refractivity contribution in [3.05, 3.63) is 29.6 Å². The van der Waals surface area contributed by atoms with E-state index in [1.54, 1.807) is 12.4 Å². The van der Waals surface area contributed by atoms with Gasteiger partial charge in [0.2, 0.25) is 0 Å². The molecule has 0 amide bonds. The molecular formula is C11H17NO. The van der Waals surface area contributed by atoms with Crippen LogP contribution in [0.1, 0.15) is 37.8 Å². The van der Waals surface area contributed by atoms with E-state index in [0.717, 1.165) is 24.0 Å². The molecule has 2 heteroatoms. The van der Waals surface area contributed by atoms with Gasteiger partial charge in [-0.05, 0) is 25.3 Å². The first kappa shape index (κ1) is 10.2. The molecule has 0 aromatic carbocycles. The number of aliphatic hydroxyl groups is 1. The molecule has 72 valence electrons. The van der Waals surface area contributed by atoms with Gasteiger partial charge in [0.25, 0.3) is 0 Å². The van der Waals surface area contributed by atoms with E-state index < -0.39 is 5.60 Å². The molecule has 1 saturated carbocycles. The van der Waals surface area contributed by atoms with Crippen molar-refractivity contribution in [2.24, 2.45) is 0 Å². The minimum atomic E-state index is -0.529. The standard InChI is InChI=1S/C9H11NO.C2H6/c1-7-4-8(6-10-5-7)9(11)2-3-9;1-2/h4-6,11H,2-3H2,1H3;1-2H3. The molecule has 1 fully saturated rings. The van der Waals surface area contributed by atoms with Crippen LogP contribution < -0.4 is 0 Å². The van der Waals surface area contributed by atoms with Gasteiger partial charge in [-0.3, -0.25) is 4.98 Å². The van der Waals surface area contributed by atoms with E-state index in [4.69, 9.17) is 0 Å². The Morgan fingerprint density at radius 2 is 1.92 bits per heavy atom. The molecule has 0 atom stereocenters. The third-order valence-electron chi connectivity index (χ3n) is 2.14. The first-order valence-corrected chi connectivity index (χ1v) is 4.85. The van der Waals surface area contributed by atoms with E-state index in [1.165, 1.54) is 0 Å². The lowest BCUT2D eigenvalue weighted by atomic mass is 10.1. The third kappa shape index (κ3) is 2.28. The van der Waals surface area contributed by atoms with Crippen molar-refractivity contribution in [1.29, 1.82) is 0 Å². The summed E-state index contributed by atoms with van der Waals surface area (Å²) in [6.07, 6.45) is 5.32. The lowest BCUT2D eigenvalue weighted by Crippen LogP contribution is -2.04. The highest BCUT2D eigenvalue weighted by molar-refractivity contribution is 5.27. The minimum Gasteiger partial charge on any atom is -0.385 e. The molecule has 0 radical (unpaired) electrons. The third-order valence-corrected chi connectivity index (χ3v) is 2.14. The molecule has 2 nitrogen and oxygen atoms in total. The number of nitrogens with zero attached hydrogens (tertiary/aromatic N) is 1. The Morgan fingerprint density at radius 1 is 1.31 bits per heavy atom. The molecule has 1 N–H and O–H groups in total. The molecule has 1 aliphatic carbocycles. The average molecular weight is 179 g/mol. The predicted octanol–water partition coefficient (Wildman–Crippen LogP) is 2.40. The monoisotopic (exact) mass is 179 g/mol. The number of hydrogen-bond donors (Lipinski definition) is 1. The zero-order valence-electron chi connectivity index (χ0n) is 8.54. The second-order valence-electron chi connectivity index (χ2n) is 3.28. The topological polar surface area (TPSA) is 33.1 Å². The van der Waals surface area contributed by atoms with Crippen LogP contribution in [-0.2, 0) is 5.60 Å². The lowest BCUT2D eigenvalue weighted by molar-refractivity contribution is 0.151. The van der Waals surface area contributed by atoms with Crippen molar-refractivity contribution in [2.45, 2.75) is 39.2 Å². The maximum atomic E-state index is 9.68. The zero-order chi connectivity index (χ0) is 9.90. The zero-order valence-corrected chi connectivity index (χ0v) is 8.54. The first-order chi connectivity index (χ1) is 6.21. The Bertz CT molecular complexity index is 279. The summed E-state index contributed by atoms with van der Waals surface area (Å²) in [7, 11) is 0. The average Bonchev–Trinajstić information content (AvgIpc) is 2.89. The van der Waals surface area contributed by atoms with Crippen molar-refractivity contribution in [1.82, 2.24) is 4.98 Å². The maximum Gasteiger partial charge on any atom is 0.0913 e. The van der Waals surface area contributed by atoms with E-state index in [-0.39, 0.29) is 0 Å². The summed E-state index contributed by atoms with van der Waals surface area (Å²) in [6, 6.07) is 2.00. The summed E-state index contributed by atoms with van der Waals surface area (Å²) in [5.74, 6) is 0. The molecule has 0 spiro atoms. The quantitative estimate of drug-likeness (QED) is 0.718. The van der Waals surface area contributed by atoms with Gasteiger partial charge in [0, 0.05) is 18.0 Å². The molecule has 1 aromatic rings. The molecule has 0 unspecified atom stereocenters. The smallest absolute Gasteiger partial charge is 0.0913 e. The number of aromatic nitrogens is 1. The van der Waals surface area contributed by atoms with Crippen LogP contribution in [0.25, 0.3) is 0 Å². The molecule has 0 aliphatic heterocycles. The fourth-order valence-corrected chi connectivity index (χ4v) is 1.22. The van der Waals surface area contributed by atoms with Gasteiger partial charge in [0.05, 0.1) is 5.60 Å². The number of aryl methyl sites for hydroxylation is 1. The SMILES string of the molecule is CC.Cc1cncc(C2(O)CC2)c1. The van der Waals surface area contributed by atoms with Gasteiger partial charge in [0.15, 0.2) is 0 Å². The van der Waals surface area contributed by atoms with Crippen molar-refractivity contribution in [2.75, 3.05) is 0 Å². The number of pyridine rings is 1. The highest BCUT2D eigenvalue weighted by Gasteiger charge is 2.42. The van der Waals surface area contributed by atoms with Crippen molar-refractivity contribution >= 4 is 0 Å². The van der Waals surface area contributed by atoms with Gasteiger partial charge < -0.3 is 5.11 Å². The number of rotatable bonds is 1. The van der Waals surface area contributed by atoms with Crippen molar-refractivity contribution in [3.8, 4) is 0 Å². The van der Waals surface area contributed by atoms with Crippen LogP contribution in [-0.4, -0.2) is 10.1 Å². The maximum absolute atomic E-state index is 9.68. The lowest BCUT2D eigenvalue weighted by Gasteiger charge is -2.06. The van der Waals surface area contributed by atoms with E-state index in [2.05, 4.69) is 4.98 Å². The summed E-state index contributed by atoms with van der Waals surface area (Å²) in [6.45, 7) is 5.99. The first-order valence-electron chi connectivity index (χ1n) is 4.85. The molecule has 13 heavy (non-hydrogen) atoms. The van der Waals surface area contributed by atoms with Crippen LogP contribution in [0.5, 0.6) is 0 Å². The fraction of sp³-hybridized carbons (Fsp3) is 0.545. The normalized spacial score (nSPS) is 17.2. The van der Waals surface area contributed by atoms with Gasteiger partial charge in [-0.1, -0.05) is 19.9 Å².